The van der Waals surface area contributed by atoms with Gasteiger partial charge in [-0.1, -0.05) is 12.1 Å². The lowest BCUT2D eigenvalue weighted by atomic mass is 9.93. The Morgan fingerprint density at radius 3 is 2.52 bits per heavy atom. The predicted octanol–water partition coefficient (Wildman–Crippen LogP) is 3.66. The second-order valence-corrected chi connectivity index (χ2v) is 8.38. The minimum absolute atomic E-state index is 0.177. The number of aliphatic hydroxyl groups excluding tert-OH is 1. The Hall–Kier alpha value is -2.15. The van der Waals surface area contributed by atoms with E-state index in [2.05, 4.69) is 9.80 Å². The van der Waals surface area contributed by atoms with E-state index >= 15 is 0 Å². The molecule has 1 saturated heterocycles. The van der Waals surface area contributed by atoms with Crippen molar-refractivity contribution >= 4 is 0 Å². The van der Waals surface area contributed by atoms with E-state index in [0.29, 0.717) is 5.92 Å². The van der Waals surface area contributed by atoms with E-state index in [1.807, 2.05) is 24.3 Å². The maximum absolute atomic E-state index is 13.1. The van der Waals surface area contributed by atoms with E-state index in [0.717, 1.165) is 61.8 Å². The molecule has 1 unspecified atom stereocenters. The van der Waals surface area contributed by atoms with Gasteiger partial charge in [0.05, 0.1) is 0 Å². The number of rotatable bonds is 5. The van der Waals surface area contributed by atoms with Gasteiger partial charge in [0, 0.05) is 25.2 Å². The van der Waals surface area contributed by atoms with E-state index in [1.54, 1.807) is 0 Å². The zero-order chi connectivity index (χ0) is 19.8. The molecule has 2 aromatic carbocycles. The molecule has 154 valence electrons. The van der Waals surface area contributed by atoms with Crippen LogP contribution in [0.3, 0.4) is 0 Å². The van der Waals surface area contributed by atoms with E-state index in [9.17, 15) is 9.50 Å². The summed E-state index contributed by atoms with van der Waals surface area (Å²) in [7, 11) is 0. The van der Waals surface area contributed by atoms with Crippen molar-refractivity contribution in [3.63, 3.8) is 0 Å². The van der Waals surface area contributed by atoms with Gasteiger partial charge in [0.1, 0.15) is 12.0 Å². The smallest absolute Gasteiger partial charge is 0.231 e. The zero-order valence-corrected chi connectivity index (χ0v) is 16.5. The van der Waals surface area contributed by atoms with Crippen LogP contribution < -0.4 is 9.47 Å². The highest BCUT2D eigenvalue weighted by Crippen LogP contribution is 2.41. The van der Waals surface area contributed by atoms with Crippen molar-refractivity contribution in [2.45, 2.75) is 38.6 Å². The number of aliphatic hydroxyl groups is 1. The summed E-state index contributed by atoms with van der Waals surface area (Å²) in [5.74, 6) is 2.03. The summed E-state index contributed by atoms with van der Waals surface area (Å²) in [4.78, 5) is 4.59. The monoisotopic (exact) mass is 398 g/mol. The molecule has 3 aliphatic heterocycles. The Morgan fingerprint density at radius 2 is 1.76 bits per heavy atom. The zero-order valence-electron chi connectivity index (χ0n) is 16.5. The van der Waals surface area contributed by atoms with Crippen molar-refractivity contribution in [3.8, 4) is 11.5 Å². The SMILES string of the molecule is OC1c2cc3c(cc2CN1CCC1CCN(Cc2ccc(F)cc2)CC1)OCO3. The first-order chi connectivity index (χ1) is 14.2. The quantitative estimate of drug-likeness (QED) is 0.833. The summed E-state index contributed by atoms with van der Waals surface area (Å²) in [6, 6.07) is 10.8. The van der Waals surface area contributed by atoms with Crippen molar-refractivity contribution in [1.82, 2.24) is 9.80 Å². The van der Waals surface area contributed by atoms with Crippen LogP contribution in [0.15, 0.2) is 36.4 Å². The maximum atomic E-state index is 13.1. The summed E-state index contributed by atoms with van der Waals surface area (Å²) in [5, 5.41) is 10.7. The number of piperidine rings is 1. The van der Waals surface area contributed by atoms with Gasteiger partial charge in [-0.05, 0) is 73.7 Å². The van der Waals surface area contributed by atoms with Crippen LogP contribution in [0.1, 0.15) is 42.2 Å². The Morgan fingerprint density at radius 1 is 1.03 bits per heavy atom. The van der Waals surface area contributed by atoms with Crippen molar-refractivity contribution in [1.29, 1.82) is 0 Å². The molecule has 1 N–H and O–H groups in total. The third-order valence-corrected chi connectivity index (χ3v) is 6.48. The van der Waals surface area contributed by atoms with Crippen LogP contribution in [0.2, 0.25) is 0 Å². The summed E-state index contributed by atoms with van der Waals surface area (Å²) in [5.41, 5.74) is 3.25. The largest absolute Gasteiger partial charge is 0.454 e. The van der Waals surface area contributed by atoms with E-state index in [4.69, 9.17) is 9.47 Å². The molecule has 0 aliphatic carbocycles. The van der Waals surface area contributed by atoms with Crippen molar-refractivity contribution < 1.29 is 19.0 Å². The normalized spacial score (nSPS) is 22.2. The Bertz CT molecular complexity index is 865. The highest BCUT2D eigenvalue weighted by Gasteiger charge is 2.32. The first-order valence-electron chi connectivity index (χ1n) is 10.5. The summed E-state index contributed by atoms with van der Waals surface area (Å²) in [6.07, 6.45) is 2.89. The summed E-state index contributed by atoms with van der Waals surface area (Å²) >= 11 is 0. The fraction of sp³-hybridized carbons (Fsp3) is 0.478. The molecule has 3 heterocycles. The van der Waals surface area contributed by atoms with Crippen LogP contribution in [-0.4, -0.2) is 41.3 Å². The fourth-order valence-electron chi connectivity index (χ4n) is 4.71. The minimum Gasteiger partial charge on any atom is -0.454 e. The van der Waals surface area contributed by atoms with Gasteiger partial charge in [-0.15, -0.1) is 0 Å². The molecule has 6 heteroatoms. The lowest BCUT2D eigenvalue weighted by molar-refractivity contribution is 0.00781. The first kappa shape index (κ1) is 18.9. The van der Waals surface area contributed by atoms with Crippen LogP contribution >= 0.6 is 0 Å². The molecule has 0 radical (unpaired) electrons. The van der Waals surface area contributed by atoms with E-state index < -0.39 is 6.23 Å². The second-order valence-electron chi connectivity index (χ2n) is 8.38. The van der Waals surface area contributed by atoms with Gasteiger partial charge in [-0.3, -0.25) is 9.80 Å². The molecule has 0 spiro atoms. The molecule has 29 heavy (non-hydrogen) atoms. The average molecular weight is 398 g/mol. The van der Waals surface area contributed by atoms with Crippen LogP contribution in [0, 0.1) is 11.7 Å². The predicted molar refractivity (Wildman–Crippen MR) is 107 cm³/mol. The molecule has 0 amide bonds. The minimum atomic E-state index is -0.557. The van der Waals surface area contributed by atoms with Gasteiger partial charge in [0.2, 0.25) is 6.79 Å². The van der Waals surface area contributed by atoms with Crippen molar-refractivity contribution in [3.05, 3.63) is 58.9 Å². The van der Waals surface area contributed by atoms with Gasteiger partial charge in [-0.25, -0.2) is 4.39 Å². The maximum Gasteiger partial charge on any atom is 0.231 e. The molecule has 2 aromatic rings. The fourth-order valence-corrected chi connectivity index (χ4v) is 4.71. The molecule has 0 bridgehead atoms. The van der Waals surface area contributed by atoms with Gasteiger partial charge < -0.3 is 14.6 Å². The third-order valence-electron chi connectivity index (χ3n) is 6.48. The molecule has 1 atom stereocenters. The number of hydrogen-bond acceptors (Lipinski definition) is 5. The highest BCUT2D eigenvalue weighted by molar-refractivity contribution is 5.50. The number of likely N-dealkylation sites (tertiary alicyclic amines) is 1. The third kappa shape index (κ3) is 3.97. The molecular formula is C23H27FN2O3. The van der Waals surface area contributed by atoms with Gasteiger partial charge in [0.15, 0.2) is 11.5 Å². The number of hydrogen-bond donors (Lipinski definition) is 1. The standard InChI is InChI=1S/C23H27FN2O3/c24-19-3-1-17(2-4-19)13-25-8-5-16(6-9-25)7-10-26-14-18-11-21-22(29-15-28-21)12-20(18)23(26)27/h1-4,11-12,16,23,27H,5-10,13-15H2. The number of nitrogens with zero attached hydrogens (tertiary/aromatic N) is 2. The van der Waals surface area contributed by atoms with Gasteiger partial charge >= 0.3 is 0 Å². The number of fused-ring (bicyclic) bond motifs is 2. The molecular weight excluding hydrogens is 371 g/mol. The van der Waals surface area contributed by atoms with E-state index in [1.165, 1.54) is 30.5 Å². The molecule has 0 saturated carbocycles. The lowest BCUT2D eigenvalue weighted by Crippen LogP contribution is -2.34. The highest BCUT2D eigenvalue weighted by atomic mass is 19.1. The van der Waals surface area contributed by atoms with Gasteiger partial charge in [0.25, 0.3) is 0 Å². The molecule has 5 nitrogen and oxygen atoms in total. The molecule has 3 aliphatic rings. The number of ether oxygens (including phenoxy) is 2. The average Bonchev–Trinajstić information content (AvgIpc) is 3.31. The second kappa shape index (κ2) is 7.94. The van der Waals surface area contributed by atoms with Crippen molar-refractivity contribution in [2.24, 2.45) is 5.92 Å². The first-order valence-corrected chi connectivity index (χ1v) is 10.5. The Kier molecular flexibility index (Phi) is 5.16. The van der Waals surface area contributed by atoms with Crippen LogP contribution in [0.25, 0.3) is 0 Å². The summed E-state index contributed by atoms with van der Waals surface area (Å²) in [6.45, 7) is 4.96. The van der Waals surface area contributed by atoms with Crippen LogP contribution in [0.5, 0.6) is 11.5 Å². The Balaban J connectivity index is 1.10. The van der Waals surface area contributed by atoms with Crippen LogP contribution in [0.4, 0.5) is 4.39 Å². The number of benzene rings is 2. The molecule has 5 rings (SSSR count). The van der Waals surface area contributed by atoms with Crippen LogP contribution in [-0.2, 0) is 13.1 Å². The topological polar surface area (TPSA) is 45.2 Å². The Labute approximate surface area is 170 Å². The van der Waals surface area contributed by atoms with Gasteiger partial charge in [-0.2, -0.15) is 0 Å². The van der Waals surface area contributed by atoms with E-state index in [-0.39, 0.29) is 12.6 Å². The molecule has 1 fully saturated rings. The summed E-state index contributed by atoms with van der Waals surface area (Å²) < 4.78 is 24.0. The lowest BCUT2D eigenvalue weighted by Gasteiger charge is -2.33. The molecule has 0 aromatic heterocycles. The number of halogens is 1. The van der Waals surface area contributed by atoms with Crippen molar-refractivity contribution in [2.75, 3.05) is 26.4 Å².